The van der Waals surface area contributed by atoms with E-state index in [9.17, 15) is 0 Å². The second-order valence-electron chi connectivity index (χ2n) is 10.8. The average molecular weight is 656 g/mol. The third kappa shape index (κ3) is 18.0. The molecule has 0 heterocycles. The molecule has 2 aromatic carbocycles. The molecule has 0 atom stereocenters. The van der Waals surface area contributed by atoms with Crippen molar-refractivity contribution in [2.75, 3.05) is 0 Å². The first-order chi connectivity index (χ1) is 17.8. The Kier molecular flexibility index (Phi) is 26.8. The summed E-state index contributed by atoms with van der Waals surface area (Å²) in [6.07, 6.45) is 2.74. The van der Waals surface area contributed by atoms with Crippen LogP contribution in [0.1, 0.15) is 94.2 Å². The molecule has 1 radical (unpaired) electrons. The number of hydrogen-bond acceptors (Lipinski definition) is 1. The van der Waals surface area contributed by atoms with Gasteiger partial charge >= 0.3 is 11.3 Å². The molecule has 0 amide bonds. The number of rotatable bonds is 8. The van der Waals surface area contributed by atoms with Crippen molar-refractivity contribution in [3.05, 3.63) is 84.5 Å². The first kappa shape index (κ1) is 42.4. The molecule has 0 N–H and O–H groups in total. The Morgan fingerprint density at radius 2 is 0.821 bits per heavy atom. The van der Waals surface area contributed by atoms with Gasteiger partial charge in [-0.15, -0.1) is 35.4 Å². The summed E-state index contributed by atoms with van der Waals surface area (Å²) in [6.45, 7) is 32.7. The van der Waals surface area contributed by atoms with Crippen LogP contribution in [0.4, 0.5) is 0 Å². The van der Waals surface area contributed by atoms with Crippen LogP contribution in [0.5, 0.6) is 0 Å². The Morgan fingerprint density at radius 3 is 0.974 bits per heavy atom. The van der Waals surface area contributed by atoms with Crippen LogP contribution in [0, 0.1) is 24.1 Å². The summed E-state index contributed by atoms with van der Waals surface area (Å²) < 4.78 is 7.50. The second kappa shape index (κ2) is 24.7. The molecule has 2 rings (SSSR count). The predicted octanol–water partition coefficient (Wildman–Crippen LogP) is 10.8. The van der Waals surface area contributed by atoms with Crippen LogP contribution in [-0.4, -0.2) is 34.0 Å². The summed E-state index contributed by atoms with van der Waals surface area (Å²) >= 11 is 0. The fraction of sp³-hybridized carbons (Fsp3) is 0.529. The van der Waals surface area contributed by atoms with Gasteiger partial charge < -0.3 is 0 Å². The van der Waals surface area contributed by atoms with Gasteiger partial charge in [-0.1, -0.05) is 141 Å². The van der Waals surface area contributed by atoms with E-state index >= 15 is 0 Å². The first-order valence-corrected chi connectivity index (χ1v) is 16.8. The molecule has 0 saturated carbocycles. The maximum atomic E-state index is 8.78. The minimum absolute atomic E-state index is 0. The molecule has 0 spiro atoms. The van der Waals surface area contributed by atoms with Crippen LogP contribution >= 0.6 is 15.8 Å². The zero-order chi connectivity index (χ0) is 29.8. The number of hydrogen-bond donors (Lipinski definition) is 0. The summed E-state index contributed by atoms with van der Waals surface area (Å²) in [4.78, 5) is 0. The van der Waals surface area contributed by atoms with Crippen molar-refractivity contribution in [2.45, 2.75) is 117 Å². The van der Waals surface area contributed by atoms with E-state index < -0.39 is 0 Å². The van der Waals surface area contributed by atoms with Gasteiger partial charge in [-0.05, 0) is 34.0 Å². The van der Waals surface area contributed by atoms with E-state index in [1.165, 1.54) is 0 Å². The predicted molar refractivity (Wildman–Crippen MR) is 173 cm³/mol. The minimum atomic E-state index is 0. The van der Waals surface area contributed by atoms with Crippen molar-refractivity contribution in [2.24, 2.45) is 0 Å². The quantitative estimate of drug-likeness (QED) is 0.0918. The second-order valence-corrected chi connectivity index (χ2v) is 18.8. The molecule has 0 unspecified atom stereocenters. The number of allylic oxidation sites excluding steroid dienone is 1. The topological polar surface area (TPSA) is 43.7 Å². The third-order valence-corrected chi connectivity index (χ3v) is 13.0. The largest absolute Gasteiger partial charge is 0 e. The van der Waals surface area contributed by atoms with Gasteiger partial charge in [0, 0.05) is 25.5 Å². The van der Waals surface area contributed by atoms with Gasteiger partial charge in [0.25, 0.3) is 0 Å². The van der Waals surface area contributed by atoms with Crippen LogP contribution in [0.2, 0.25) is 0 Å². The van der Waals surface area contributed by atoms with Crippen molar-refractivity contribution >= 4 is 21.4 Å². The van der Waals surface area contributed by atoms with Crippen LogP contribution in [0.15, 0.2) is 60.7 Å². The Labute approximate surface area is 257 Å². The summed E-state index contributed by atoms with van der Waals surface area (Å²) in [5.41, 5.74) is 8.24. The molecular weight excluding hydrogens is 603 g/mol. The van der Waals surface area contributed by atoms with Gasteiger partial charge in [0.1, 0.15) is 0 Å². The summed E-state index contributed by atoms with van der Waals surface area (Å²) in [7, 11) is 0.525. The number of benzene rings is 2. The van der Waals surface area contributed by atoms with Crippen molar-refractivity contribution < 1.29 is 24.1 Å². The molecule has 0 fully saturated rings. The summed E-state index contributed by atoms with van der Waals surface area (Å²) in [5, 5.41) is 8.78. The van der Waals surface area contributed by atoms with E-state index in [2.05, 4.69) is 95.8 Å². The number of nitriles is 1. The molecule has 0 aliphatic rings. The van der Waals surface area contributed by atoms with Crippen LogP contribution < -0.4 is 0 Å². The third-order valence-electron chi connectivity index (χ3n) is 5.88. The zero-order valence-electron chi connectivity index (χ0n) is 26.3. The van der Waals surface area contributed by atoms with E-state index in [0.29, 0.717) is 0 Å². The maximum absolute atomic E-state index is 8.78. The van der Waals surface area contributed by atoms with E-state index in [-0.39, 0.29) is 35.3 Å². The van der Waals surface area contributed by atoms with Crippen molar-refractivity contribution in [1.29, 1.82) is 5.26 Å². The zero-order valence-corrected chi connectivity index (χ0v) is 29.7. The Hall–Kier alpha value is -1.11. The Morgan fingerprint density at radius 1 is 0.590 bits per heavy atom. The van der Waals surface area contributed by atoms with Crippen molar-refractivity contribution in [3.63, 3.8) is 0 Å². The Bertz CT molecular complexity index is 826. The molecule has 0 aromatic heterocycles. The van der Waals surface area contributed by atoms with Gasteiger partial charge in [-0.2, -0.15) is 5.57 Å². The molecule has 219 valence electrons. The smallest absolute Gasteiger partial charge is 0 e. The standard InChI is InChI=1S/C15H10N.2C9H21P.CO.Rh/c16-12-11-15(13-7-3-1-4-8-13)14-9-5-2-6-10-14;2*1-7(2)10(8(3)4)9(5)6;1-2;/h1-10H;2*7-9H,1-6H3;;/q-1;;;;. The van der Waals surface area contributed by atoms with Crippen molar-refractivity contribution in [1.82, 2.24) is 0 Å². The van der Waals surface area contributed by atoms with Gasteiger partial charge in [0.15, 0.2) is 0 Å². The summed E-state index contributed by atoms with van der Waals surface area (Å²) in [6, 6.07) is 21.6. The van der Waals surface area contributed by atoms with Gasteiger partial charge in [0.05, 0.1) is 0 Å². The molecule has 0 aliphatic heterocycles. The van der Waals surface area contributed by atoms with Gasteiger partial charge in [-0.3, -0.25) is 0 Å². The fourth-order valence-electron chi connectivity index (χ4n) is 5.15. The van der Waals surface area contributed by atoms with E-state index in [1.807, 2.05) is 66.7 Å². The molecule has 5 heteroatoms. The minimum Gasteiger partial charge on any atom is 0 e. The Balaban J connectivity index is -0.000000499. The monoisotopic (exact) mass is 655 g/mol. The van der Waals surface area contributed by atoms with E-state index in [0.717, 1.165) is 50.7 Å². The maximum Gasteiger partial charge on any atom is 0 e. The molecule has 39 heavy (non-hydrogen) atoms. The van der Waals surface area contributed by atoms with Crippen LogP contribution in [0.25, 0.3) is 5.57 Å². The van der Waals surface area contributed by atoms with Crippen LogP contribution in [0.3, 0.4) is 0 Å². The van der Waals surface area contributed by atoms with Crippen LogP contribution in [-0.2, 0) is 24.1 Å². The van der Waals surface area contributed by atoms with Gasteiger partial charge in [-0.25, -0.2) is 5.26 Å². The fourth-order valence-corrected chi connectivity index (χ4v) is 12.3. The molecule has 2 aromatic rings. The van der Waals surface area contributed by atoms with E-state index in [1.54, 1.807) is 0 Å². The molecule has 0 bridgehead atoms. The summed E-state index contributed by atoms with van der Waals surface area (Å²) in [5.74, 6) is 0. The molecule has 2 nitrogen and oxygen atoms in total. The molecule has 0 saturated heterocycles. The first-order valence-electron chi connectivity index (χ1n) is 13.7. The number of nitrogens with zero attached hydrogens (tertiary/aromatic N) is 1. The van der Waals surface area contributed by atoms with Gasteiger partial charge in [0.2, 0.25) is 0 Å². The molecular formula is C34H52NOP2Rh-. The van der Waals surface area contributed by atoms with E-state index in [4.69, 9.17) is 9.91 Å². The molecule has 0 aliphatic carbocycles. The normalized spacial score (nSPS) is 10.3. The van der Waals surface area contributed by atoms with Crippen molar-refractivity contribution in [3.8, 4) is 6.07 Å². The SMILES string of the molecule is CC(C)P(C(C)C)C(C)C.CC(C)P(C(C)C)C(C)C.N#C[C-]=C(c1ccccc1)c1ccccc1.[C-]#[O+].[Rh]. The average Bonchev–Trinajstić information content (AvgIpc) is 2.84.